The third-order valence-electron chi connectivity index (χ3n) is 3.43. The van der Waals surface area contributed by atoms with Crippen molar-refractivity contribution in [2.24, 2.45) is 5.92 Å². The van der Waals surface area contributed by atoms with Crippen molar-refractivity contribution in [2.45, 2.75) is 25.4 Å². The Morgan fingerprint density at radius 3 is 2.80 bits per heavy atom. The molecule has 1 fully saturated rings. The van der Waals surface area contributed by atoms with Crippen LogP contribution in [0.4, 0.5) is 0 Å². The van der Waals surface area contributed by atoms with E-state index < -0.39 is 0 Å². The molecule has 1 atom stereocenters. The first-order chi connectivity index (χ1) is 7.36. The van der Waals surface area contributed by atoms with E-state index in [-0.39, 0.29) is 6.10 Å². The maximum absolute atomic E-state index is 10.2. The first-order valence-corrected chi connectivity index (χ1v) is 6.38. The van der Waals surface area contributed by atoms with Crippen molar-refractivity contribution in [1.29, 1.82) is 0 Å². The highest BCUT2D eigenvalue weighted by molar-refractivity contribution is 7.17. The van der Waals surface area contributed by atoms with E-state index in [1.54, 1.807) is 11.3 Å². The summed E-state index contributed by atoms with van der Waals surface area (Å²) in [6.07, 6.45) is 3.41. The molecule has 3 rings (SSSR count). The Morgan fingerprint density at radius 2 is 2.07 bits per heavy atom. The fourth-order valence-electron chi connectivity index (χ4n) is 2.24. The highest BCUT2D eigenvalue weighted by atomic mass is 32.1. The predicted molar refractivity (Wildman–Crippen MR) is 64.1 cm³/mol. The van der Waals surface area contributed by atoms with Gasteiger partial charge in [-0.1, -0.05) is 24.6 Å². The largest absolute Gasteiger partial charge is 0.388 e. The van der Waals surface area contributed by atoms with Crippen LogP contribution in [0.25, 0.3) is 10.1 Å². The molecule has 1 nitrogen and oxygen atoms in total. The lowest BCUT2D eigenvalue weighted by Crippen LogP contribution is -2.19. The van der Waals surface area contributed by atoms with Gasteiger partial charge in [0.15, 0.2) is 0 Å². The lowest BCUT2D eigenvalue weighted by Gasteiger charge is -2.30. The fourth-order valence-corrected chi connectivity index (χ4v) is 3.23. The number of hydrogen-bond donors (Lipinski definition) is 1. The second kappa shape index (κ2) is 3.62. The third-order valence-corrected chi connectivity index (χ3v) is 4.41. The Hall–Kier alpha value is -0.860. The molecule has 1 aliphatic rings. The molecular formula is C13H14OS. The van der Waals surface area contributed by atoms with Crippen molar-refractivity contribution in [3.63, 3.8) is 0 Å². The number of thiophene rings is 1. The molecule has 0 amide bonds. The van der Waals surface area contributed by atoms with Gasteiger partial charge < -0.3 is 5.11 Å². The molecule has 1 N–H and O–H groups in total. The Kier molecular flexibility index (Phi) is 2.26. The van der Waals surface area contributed by atoms with Gasteiger partial charge in [0.25, 0.3) is 0 Å². The van der Waals surface area contributed by atoms with Crippen molar-refractivity contribution in [1.82, 2.24) is 0 Å². The van der Waals surface area contributed by atoms with E-state index in [0.29, 0.717) is 5.92 Å². The van der Waals surface area contributed by atoms with Crippen LogP contribution in [0.2, 0.25) is 0 Å². The number of rotatable bonds is 2. The van der Waals surface area contributed by atoms with E-state index in [9.17, 15) is 5.11 Å². The number of aliphatic hydroxyl groups excluding tert-OH is 1. The van der Waals surface area contributed by atoms with Gasteiger partial charge in [-0.15, -0.1) is 11.3 Å². The van der Waals surface area contributed by atoms with Crippen LogP contribution in [0, 0.1) is 5.92 Å². The summed E-state index contributed by atoms with van der Waals surface area (Å²) in [5, 5.41) is 13.6. The monoisotopic (exact) mass is 218 g/mol. The zero-order valence-electron chi connectivity index (χ0n) is 8.52. The second-order valence-electron chi connectivity index (χ2n) is 4.32. The van der Waals surface area contributed by atoms with E-state index in [1.807, 2.05) is 6.07 Å². The summed E-state index contributed by atoms with van der Waals surface area (Å²) < 4.78 is 1.28. The molecule has 0 aliphatic heterocycles. The minimum absolute atomic E-state index is 0.241. The quantitative estimate of drug-likeness (QED) is 0.814. The van der Waals surface area contributed by atoms with Crippen LogP contribution in [-0.2, 0) is 0 Å². The minimum atomic E-state index is -0.241. The minimum Gasteiger partial charge on any atom is -0.388 e. The number of benzene rings is 1. The molecule has 1 aromatic heterocycles. The van der Waals surface area contributed by atoms with Crippen LogP contribution in [0.15, 0.2) is 29.6 Å². The van der Waals surface area contributed by atoms with Crippen molar-refractivity contribution in [2.75, 3.05) is 0 Å². The topological polar surface area (TPSA) is 20.2 Å². The summed E-state index contributed by atoms with van der Waals surface area (Å²) >= 11 is 1.73. The zero-order valence-corrected chi connectivity index (χ0v) is 9.33. The summed E-state index contributed by atoms with van der Waals surface area (Å²) in [5.41, 5.74) is 1.14. The van der Waals surface area contributed by atoms with Crippen molar-refractivity contribution in [3.05, 3.63) is 35.2 Å². The highest BCUT2D eigenvalue weighted by Crippen LogP contribution is 2.41. The number of aliphatic hydroxyl groups is 1. The zero-order chi connectivity index (χ0) is 10.3. The molecule has 2 aromatic rings. The number of hydrogen-bond acceptors (Lipinski definition) is 2. The fraction of sp³-hybridized carbons (Fsp3) is 0.385. The lowest BCUT2D eigenvalue weighted by atomic mass is 9.79. The van der Waals surface area contributed by atoms with E-state index in [2.05, 4.69) is 23.6 Å². The Balaban J connectivity index is 2.02. The smallest absolute Gasteiger partial charge is 0.0832 e. The van der Waals surface area contributed by atoms with Crippen molar-refractivity contribution in [3.8, 4) is 0 Å². The normalized spacial score (nSPS) is 19.0. The molecule has 1 unspecified atom stereocenters. The molecule has 1 aliphatic carbocycles. The van der Waals surface area contributed by atoms with Crippen LogP contribution < -0.4 is 0 Å². The van der Waals surface area contributed by atoms with Crippen LogP contribution in [0.1, 0.15) is 30.9 Å². The summed E-state index contributed by atoms with van der Waals surface area (Å²) in [4.78, 5) is 0. The molecule has 0 spiro atoms. The van der Waals surface area contributed by atoms with Gasteiger partial charge in [-0.25, -0.2) is 0 Å². The van der Waals surface area contributed by atoms with E-state index in [0.717, 1.165) is 5.56 Å². The molecule has 78 valence electrons. The van der Waals surface area contributed by atoms with Gasteiger partial charge in [0.05, 0.1) is 6.10 Å². The van der Waals surface area contributed by atoms with Crippen molar-refractivity contribution < 1.29 is 5.11 Å². The maximum atomic E-state index is 10.2. The molecule has 0 radical (unpaired) electrons. The van der Waals surface area contributed by atoms with Gasteiger partial charge in [-0.2, -0.15) is 0 Å². The van der Waals surface area contributed by atoms with Gasteiger partial charge in [0.2, 0.25) is 0 Å². The van der Waals surface area contributed by atoms with Gasteiger partial charge in [0, 0.05) is 4.70 Å². The SMILES string of the molecule is OC(c1csc2ccccc12)C1CCC1. The van der Waals surface area contributed by atoms with Crippen LogP contribution in [0.3, 0.4) is 0 Å². The highest BCUT2D eigenvalue weighted by Gasteiger charge is 2.28. The van der Waals surface area contributed by atoms with Crippen LogP contribution in [0.5, 0.6) is 0 Å². The Morgan fingerprint density at radius 1 is 1.27 bits per heavy atom. The van der Waals surface area contributed by atoms with Gasteiger partial charge in [-0.3, -0.25) is 0 Å². The lowest BCUT2D eigenvalue weighted by molar-refractivity contribution is 0.0635. The average Bonchev–Trinajstić information content (AvgIpc) is 2.58. The molecule has 1 aromatic carbocycles. The molecule has 1 heterocycles. The van der Waals surface area contributed by atoms with Crippen LogP contribution in [-0.4, -0.2) is 5.11 Å². The first kappa shape index (κ1) is 9.37. The molecule has 15 heavy (non-hydrogen) atoms. The molecule has 1 saturated carbocycles. The van der Waals surface area contributed by atoms with Gasteiger partial charge in [0.1, 0.15) is 0 Å². The molecule has 0 bridgehead atoms. The summed E-state index contributed by atoms with van der Waals surface area (Å²) in [6.45, 7) is 0. The summed E-state index contributed by atoms with van der Waals surface area (Å²) in [6, 6.07) is 8.34. The molecule has 0 saturated heterocycles. The number of fused-ring (bicyclic) bond motifs is 1. The molecular weight excluding hydrogens is 204 g/mol. The van der Waals surface area contributed by atoms with E-state index in [1.165, 1.54) is 29.3 Å². The summed E-state index contributed by atoms with van der Waals surface area (Å²) in [7, 11) is 0. The van der Waals surface area contributed by atoms with Gasteiger partial charge >= 0.3 is 0 Å². The van der Waals surface area contributed by atoms with Crippen LogP contribution >= 0.6 is 11.3 Å². The van der Waals surface area contributed by atoms with Crippen molar-refractivity contribution >= 4 is 21.4 Å². The standard InChI is InChI=1S/C13H14OS/c14-13(9-4-3-5-9)11-8-15-12-7-2-1-6-10(11)12/h1-2,6-9,13-14H,3-5H2. The average molecular weight is 218 g/mol. The Labute approximate surface area is 93.4 Å². The maximum Gasteiger partial charge on any atom is 0.0832 e. The second-order valence-corrected chi connectivity index (χ2v) is 5.23. The van der Waals surface area contributed by atoms with E-state index in [4.69, 9.17) is 0 Å². The third kappa shape index (κ3) is 1.48. The Bertz CT molecular complexity index is 470. The first-order valence-electron chi connectivity index (χ1n) is 5.50. The predicted octanol–water partition coefficient (Wildman–Crippen LogP) is 3.73. The van der Waals surface area contributed by atoms with Gasteiger partial charge in [-0.05, 0) is 41.2 Å². The molecule has 2 heteroatoms. The van der Waals surface area contributed by atoms with E-state index >= 15 is 0 Å². The summed E-state index contributed by atoms with van der Waals surface area (Å²) in [5.74, 6) is 0.503.